The molecule has 0 aliphatic rings. The Morgan fingerprint density at radius 3 is 2.50 bits per heavy atom. The minimum atomic E-state index is -4.62. The van der Waals surface area contributed by atoms with Crippen LogP contribution in [0.1, 0.15) is 22.8 Å². The Hall–Kier alpha value is -3.70. The molecule has 0 heterocycles. The lowest BCUT2D eigenvalue weighted by Crippen LogP contribution is -2.12. The van der Waals surface area contributed by atoms with Gasteiger partial charge in [-0.2, -0.15) is 13.5 Å². The molecule has 0 fully saturated rings. The minimum absolute atomic E-state index is 0.0166. The lowest BCUT2D eigenvalue weighted by Gasteiger charge is -2.12. The molecule has 3 N–H and O–H groups in total. The first-order valence-electron chi connectivity index (χ1n) is 11.2. The summed E-state index contributed by atoms with van der Waals surface area (Å²) < 4.78 is 38.6. The van der Waals surface area contributed by atoms with Gasteiger partial charge in [0.15, 0.2) is 5.75 Å². The summed E-state index contributed by atoms with van der Waals surface area (Å²) in [5, 5.41) is 23.3. The van der Waals surface area contributed by atoms with E-state index in [1.54, 1.807) is 36.4 Å². The molecule has 4 aromatic carbocycles. The maximum Gasteiger partial charge on any atom is 0.296 e. The Bertz CT molecular complexity index is 1710. The summed E-state index contributed by atoms with van der Waals surface area (Å²) in [6.07, 6.45) is 0. The quantitative estimate of drug-likeness (QED) is 0.155. The standard InChI is InChI=1S/C26H21Cl2N3O6S/c1-3-37-18-12-16(27)11-17(13-18)29-26(33)20-10-15-6-4-5-7-19(15)23(24(20)32)31-30-22-9-8-21(28)25(14(22)2)38(34,35)36/h4-13,32H,3H2,1-2H3,(H,29,33)(H,34,35,36). The second kappa shape index (κ2) is 11.0. The van der Waals surface area contributed by atoms with Crippen molar-refractivity contribution < 1.29 is 27.6 Å². The van der Waals surface area contributed by atoms with Crippen molar-refractivity contribution in [2.75, 3.05) is 11.9 Å². The molecule has 0 radical (unpaired) electrons. The van der Waals surface area contributed by atoms with Crippen LogP contribution in [-0.2, 0) is 10.1 Å². The molecule has 1 amide bonds. The molecule has 0 aromatic heterocycles. The second-order valence-electron chi connectivity index (χ2n) is 8.10. The third kappa shape index (κ3) is 5.73. The highest BCUT2D eigenvalue weighted by Gasteiger charge is 2.22. The van der Waals surface area contributed by atoms with Crippen LogP contribution >= 0.6 is 23.2 Å². The van der Waals surface area contributed by atoms with E-state index in [1.165, 1.54) is 31.2 Å². The number of phenols is 1. The van der Waals surface area contributed by atoms with Gasteiger partial charge in [-0.3, -0.25) is 9.35 Å². The topological polar surface area (TPSA) is 138 Å². The smallest absolute Gasteiger partial charge is 0.296 e. The molecule has 4 rings (SSSR count). The predicted molar refractivity (Wildman–Crippen MR) is 146 cm³/mol. The Labute approximate surface area is 228 Å². The summed E-state index contributed by atoms with van der Waals surface area (Å²) in [6.45, 7) is 3.64. The maximum atomic E-state index is 13.2. The molecule has 12 heteroatoms. The Morgan fingerprint density at radius 2 is 1.79 bits per heavy atom. The number of azo groups is 1. The first-order chi connectivity index (χ1) is 18.0. The van der Waals surface area contributed by atoms with Gasteiger partial charge in [-0.05, 0) is 55.1 Å². The molecule has 0 atom stereocenters. The van der Waals surface area contributed by atoms with Crippen molar-refractivity contribution in [2.24, 2.45) is 10.2 Å². The largest absolute Gasteiger partial charge is 0.505 e. The van der Waals surface area contributed by atoms with Crippen molar-refractivity contribution in [1.82, 2.24) is 0 Å². The summed E-state index contributed by atoms with van der Waals surface area (Å²) in [5.74, 6) is -0.612. The highest BCUT2D eigenvalue weighted by Crippen LogP contribution is 2.41. The van der Waals surface area contributed by atoms with E-state index in [4.69, 9.17) is 27.9 Å². The number of aromatic hydroxyl groups is 1. The Kier molecular flexibility index (Phi) is 7.89. The van der Waals surface area contributed by atoms with Crippen molar-refractivity contribution in [3.8, 4) is 11.5 Å². The van der Waals surface area contributed by atoms with Gasteiger partial charge >= 0.3 is 0 Å². The van der Waals surface area contributed by atoms with Crippen LogP contribution in [0.5, 0.6) is 11.5 Å². The van der Waals surface area contributed by atoms with Crippen LogP contribution in [0.2, 0.25) is 10.0 Å². The van der Waals surface area contributed by atoms with Gasteiger partial charge in [-0.1, -0.05) is 47.5 Å². The fourth-order valence-corrected chi connectivity index (χ4v) is 5.38. The lowest BCUT2D eigenvalue weighted by molar-refractivity contribution is 0.102. The number of ether oxygens (including phenoxy) is 1. The van der Waals surface area contributed by atoms with E-state index in [1.807, 2.05) is 6.92 Å². The van der Waals surface area contributed by atoms with Gasteiger partial charge in [0.05, 0.1) is 22.9 Å². The number of amides is 1. The number of benzene rings is 4. The van der Waals surface area contributed by atoms with Gasteiger partial charge in [-0.25, -0.2) is 0 Å². The van der Waals surface area contributed by atoms with Crippen LogP contribution in [-0.4, -0.2) is 30.6 Å². The molecule has 0 bridgehead atoms. The summed E-state index contributed by atoms with van der Waals surface area (Å²) in [4.78, 5) is 12.7. The van der Waals surface area contributed by atoms with E-state index in [0.717, 1.165) is 0 Å². The highest BCUT2D eigenvalue weighted by atomic mass is 35.5. The van der Waals surface area contributed by atoms with E-state index in [9.17, 15) is 22.9 Å². The summed E-state index contributed by atoms with van der Waals surface area (Å²) in [7, 11) is -4.62. The van der Waals surface area contributed by atoms with Crippen LogP contribution in [0, 0.1) is 6.92 Å². The van der Waals surface area contributed by atoms with Gasteiger partial charge in [0, 0.05) is 22.2 Å². The molecule has 0 aliphatic heterocycles. The Balaban J connectivity index is 1.79. The molecule has 0 saturated heterocycles. The number of halogens is 2. The highest BCUT2D eigenvalue weighted by molar-refractivity contribution is 7.86. The van der Waals surface area contributed by atoms with Crippen LogP contribution in [0.3, 0.4) is 0 Å². The van der Waals surface area contributed by atoms with E-state index in [2.05, 4.69) is 15.5 Å². The van der Waals surface area contributed by atoms with Crippen LogP contribution in [0.4, 0.5) is 17.1 Å². The van der Waals surface area contributed by atoms with E-state index in [-0.39, 0.29) is 27.5 Å². The number of fused-ring (bicyclic) bond motifs is 1. The third-order valence-corrected chi connectivity index (χ3v) is 7.21. The average Bonchev–Trinajstić information content (AvgIpc) is 2.83. The van der Waals surface area contributed by atoms with E-state index >= 15 is 0 Å². The van der Waals surface area contributed by atoms with Gasteiger partial charge in [0.1, 0.15) is 16.3 Å². The normalized spacial score (nSPS) is 11.7. The molecule has 38 heavy (non-hydrogen) atoms. The molecule has 196 valence electrons. The number of anilines is 1. The number of phenolic OH excluding ortho intramolecular Hbond substituents is 1. The first kappa shape index (κ1) is 27.3. The maximum absolute atomic E-state index is 13.2. The number of carbonyl (C=O) groups excluding carboxylic acids is 1. The molecule has 0 unspecified atom stereocenters. The SMILES string of the molecule is CCOc1cc(Cl)cc(NC(=O)c2cc3ccccc3c(N=Nc3ccc(Cl)c(S(=O)(=O)O)c3C)c2O)c1. The van der Waals surface area contributed by atoms with Crippen LogP contribution in [0.25, 0.3) is 10.8 Å². The number of hydrogen-bond acceptors (Lipinski definition) is 7. The van der Waals surface area contributed by atoms with Crippen LogP contribution in [0.15, 0.2) is 75.8 Å². The molecule has 0 spiro atoms. The van der Waals surface area contributed by atoms with E-state index < -0.39 is 26.7 Å². The zero-order chi connectivity index (χ0) is 27.6. The first-order valence-corrected chi connectivity index (χ1v) is 13.4. The van der Waals surface area contributed by atoms with Crippen molar-refractivity contribution >= 4 is 67.1 Å². The van der Waals surface area contributed by atoms with E-state index in [0.29, 0.717) is 33.8 Å². The number of nitrogens with one attached hydrogen (secondary N) is 1. The number of rotatable bonds is 7. The number of carbonyl (C=O) groups is 1. The molecule has 4 aromatic rings. The molecule has 9 nitrogen and oxygen atoms in total. The summed E-state index contributed by atoms with van der Waals surface area (Å²) in [6, 6.07) is 15.8. The van der Waals surface area contributed by atoms with Gasteiger partial charge in [0.2, 0.25) is 0 Å². The zero-order valence-electron chi connectivity index (χ0n) is 20.1. The van der Waals surface area contributed by atoms with Crippen molar-refractivity contribution in [3.63, 3.8) is 0 Å². The van der Waals surface area contributed by atoms with Crippen LogP contribution < -0.4 is 10.1 Å². The molecule has 0 saturated carbocycles. The average molecular weight is 574 g/mol. The van der Waals surface area contributed by atoms with Crippen molar-refractivity contribution in [1.29, 1.82) is 0 Å². The molecular weight excluding hydrogens is 553 g/mol. The zero-order valence-corrected chi connectivity index (χ0v) is 22.4. The third-order valence-electron chi connectivity index (χ3n) is 5.52. The molecular formula is C26H21Cl2N3O6S. The monoisotopic (exact) mass is 573 g/mol. The Morgan fingerprint density at radius 1 is 1.05 bits per heavy atom. The van der Waals surface area contributed by atoms with Crippen molar-refractivity contribution in [2.45, 2.75) is 18.7 Å². The number of nitrogens with zero attached hydrogens (tertiary/aromatic N) is 2. The summed E-state index contributed by atoms with van der Waals surface area (Å²) in [5.41, 5.74) is 0.408. The fourth-order valence-electron chi connectivity index (χ4n) is 3.85. The molecule has 0 aliphatic carbocycles. The van der Waals surface area contributed by atoms with Gasteiger partial charge < -0.3 is 15.2 Å². The van der Waals surface area contributed by atoms with Gasteiger partial charge in [-0.15, -0.1) is 5.11 Å². The minimum Gasteiger partial charge on any atom is -0.505 e. The number of hydrogen-bond donors (Lipinski definition) is 3. The second-order valence-corrected chi connectivity index (χ2v) is 10.3. The fraction of sp³-hybridized carbons (Fsp3) is 0.115. The van der Waals surface area contributed by atoms with Crippen molar-refractivity contribution in [3.05, 3.63) is 81.8 Å². The lowest BCUT2D eigenvalue weighted by atomic mass is 10.0. The predicted octanol–water partition coefficient (Wildman–Crippen LogP) is 7.47. The van der Waals surface area contributed by atoms with Gasteiger partial charge in [0.25, 0.3) is 16.0 Å². The summed E-state index contributed by atoms with van der Waals surface area (Å²) >= 11 is 12.1.